The molecule has 0 aliphatic carbocycles. The quantitative estimate of drug-likeness (QED) is 0.868. The van der Waals surface area contributed by atoms with E-state index in [1.807, 2.05) is 38.1 Å². The Morgan fingerprint density at radius 1 is 1.19 bits per heavy atom. The summed E-state index contributed by atoms with van der Waals surface area (Å²) in [6.07, 6.45) is 0. The molecule has 1 amide bonds. The fourth-order valence-corrected chi connectivity index (χ4v) is 4.98. The first-order chi connectivity index (χ1) is 12.4. The van der Waals surface area contributed by atoms with E-state index >= 15 is 0 Å². The van der Waals surface area contributed by atoms with Crippen molar-refractivity contribution < 1.29 is 13.2 Å². The van der Waals surface area contributed by atoms with E-state index in [2.05, 4.69) is 9.71 Å². The summed E-state index contributed by atoms with van der Waals surface area (Å²) in [4.78, 5) is 14.2. The molecule has 0 bridgehead atoms. The summed E-state index contributed by atoms with van der Waals surface area (Å²) < 4.78 is 28.7. The fourth-order valence-electron chi connectivity index (χ4n) is 2.66. The number of hydrogen-bond donors (Lipinski definition) is 1. The van der Waals surface area contributed by atoms with Gasteiger partial charge in [0.05, 0.1) is 11.4 Å². The van der Waals surface area contributed by atoms with Crippen molar-refractivity contribution in [3.8, 4) is 0 Å². The maximum atomic E-state index is 12.4. The minimum Gasteiger partial charge on any atom is -0.325 e. The zero-order chi connectivity index (χ0) is 18.7. The number of aryl methyl sites for hydroxylation is 1. The van der Waals surface area contributed by atoms with Crippen LogP contribution in [-0.2, 0) is 14.8 Å². The predicted molar refractivity (Wildman–Crippen MR) is 106 cm³/mol. The lowest BCUT2D eigenvalue weighted by Gasteiger charge is -2.29. The molecular formula is C18H19N3O3S2. The van der Waals surface area contributed by atoms with E-state index in [1.165, 1.54) is 0 Å². The highest BCUT2D eigenvalue weighted by Crippen LogP contribution is 2.33. The van der Waals surface area contributed by atoms with Crippen LogP contribution in [0.5, 0.6) is 0 Å². The van der Waals surface area contributed by atoms with Gasteiger partial charge in [-0.3, -0.25) is 4.79 Å². The first kappa shape index (κ1) is 18.5. The Bertz CT molecular complexity index is 971. The summed E-state index contributed by atoms with van der Waals surface area (Å²) >= 11 is 1.11. The molecule has 0 unspecified atom stereocenters. The van der Waals surface area contributed by atoms with Crippen LogP contribution in [0.15, 0.2) is 57.8 Å². The summed E-state index contributed by atoms with van der Waals surface area (Å²) in [6.45, 7) is 4.41. The second-order valence-corrected chi connectivity index (χ2v) is 8.28. The molecule has 2 aromatic rings. The lowest BCUT2D eigenvalue weighted by atomic mass is 10.2. The van der Waals surface area contributed by atoms with E-state index in [4.69, 9.17) is 0 Å². The van der Waals surface area contributed by atoms with Gasteiger partial charge in [0.15, 0.2) is 5.17 Å². The van der Waals surface area contributed by atoms with Crippen LogP contribution in [0.25, 0.3) is 0 Å². The molecule has 1 heterocycles. The van der Waals surface area contributed by atoms with Crippen molar-refractivity contribution in [2.75, 3.05) is 22.5 Å². The van der Waals surface area contributed by atoms with Gasteiger partial charge in [-0.25, -0.2) is 0 Å². The number of nitrogens with one attached hydrogen (secondary N) is 1. The van der Waals surface area contributed by atoms with Crippen molar-refractivity contribution in [3.63, 3.8) is 0 Å². The summed E-state index contributed by atoms with van der Waals surface area (Å²) in [7, 11) is -3.75. The third kappa shape index (κ3) is 3.91. The van der Waals surface area contributed by atoms with Gasteiger partial charge >= 0.3 is 0 Å². The van der Waals surface area contributed by atoms with E-state index in [0.29, 0.717) is 23.1 Å². The second-order valence-electron chi connectivity index (χ2n) is 5.77. The molecule has 2 aromatic carbocycles. The van der Waals surface area contributed by atoms with Gasteiger partial charge in [-0.05, 0) is 43.7 Å². The van der Waals surface area contributed by atoms with E-state index in [0.717, 1.165) is 17.3 Å². The SMILES string of the molecule is CCN1C(SCC(=O)Nc2cccc(C)c2)=NS(=O)(=O)c2ccccc21. The summed E-state index contributed by atoms with van der Waals surface area (Å²) in [6, 6.07) is 14.3. The average molecular weight is 390 g/mol. The second kappa shape index (κ2) is 7.51. The number of para-hydroxylation sites is 1. The number of carbonyl (C=O) groups is 1. The van der Waals surface area contributed by atoms with Crippen LogP contribution in [-0.4, -0.2) is 31.8 Å². The molecule has 1 aliphatic rings. The first-order valence-corrected chi connectivity index (χ1v) is 10.5. The number of anilines is 2. The number of carbonyl (C=O) groups excluding carboxylic acids is 1. The molecule has 6 nitrogen and oxygen atoms in total. The summed E-state index contributed by atoms with van der Waals surface area (Å²) in [5, 5.41) is 3.12. The van der Waals surface area contributed by atoms with Crippen LogP contribution in [0.4, 0.5) is 11.4 Å². The van der Waals surface area contributed by atoms with Crippen LogP contribution >= 0.6 is 11.8 Å². The molecule has 136 valence electrons. The van der Waals surface area contributed by atoms with Gasteiger partial charge in [0.25, 0.3) is 10.0 Å². The van der Waals surface area contributed by atoms with E-state index in [-0.39, 0.29) is 16.6 Å². The normalized spacial score (nSPS) is 15.2. The standard InChI is InChI=1S/C18H19N3O3S2/c1-3-21-15-9-4-5-10-16(15)26(23,24)20-18(21)25-12-17(22)19-14-8-6-7-13(2)11-14/h4-11H,3,12H2,1-2H3,(H,19,22). The topological polar surface area (TPSA) is 78.8 Å². The molecule has 0 spiro atoms. The Hall–Kier alpha value is -2.32. The molecule has 0 atom stereocenters. The van der Waals surface area contributed by atoms with Crippen LogP contribution in [0, 0.1) is 6.92 Å². The Morgan fingerprint density at radius 3 is 2.69 bits per heavy atom. The lowest BCUT2D eigenvalue weighted by molar-refractivity contribution is -0.113. The van der Waals surface area contributed by atoms with E-state index in [9.17, 15) is 13.2 Å². The average Bonchev–Trinajstić information content (AvgIpc) is 2.60. The van der Waals surface area contributed by atoms with Gasteiger partial charge < -0.3 is 10.2 Å². The van der Waals surface area contributed by atoms with Gasteiger partial charge in [-0.1, -0.05) is 36.0 Å². The van der Waals surface area contributed by atoms with Gasteiger partial charge in [-0.2, -0.15) is 8.42 Å². The Morgan fingerprint density at radius 2 is 1.96 bits per heavy atom. The molecule has 26 heavy (non-hydrogen) atoms. The van der Waals surface area contributed by atoms with Crippen LogP contribution in [0.1, 0.15) is 12.5 Å². The Labute approximate surface area is 157 Å². The van der Waals surface area contributed by atoms with Crippen LogP contribution in [0.2, 0.25) is 0 Å². The highest BCUT2D eigenvalue weighted by atomic mass is 32.2. The largest absolute Gasteiger partial charge is 0.325 e. The van der Waals surface area contributed by atoms with Crippen molar-refractivity contribution in [3.05, 3.63) is 54.1 Å². The highest BCUT2D eigenvalue weighted by molar-refractivity contribution is 8.15. The van der Waals surface area contributed by atoms with Gasteiger partial charge in [-0.15, -0.1) is 4.40 Å². The van der Waals surface area contributed by atoms with Gasteiger partial charge in [0, 0.05) is 12.2 Å². The molecule has 1 N–H and O–H groups in total. The number of benzene rings is 2. The number of amidine groups is 1. The molecule has 1 aliphatic heterocycles. The molecule has 3 rings (SSSR count). The molecule has 0 aromatic heterocycles. The fraction of sp³-hybridized carbons (Fsp3) is 0.222. The molecular weight excluding hydrogens is 370 g/mol. The van der Waals surface area contributed by atoms with Crippen molar-refractivity contribution >= 4 is 44.2 Å². The zero-order valence-electron chi connectivity index (χ0n) is 14.5. The third-order valence-electron chi connectivity index (χ3n) is 3.81. The molecule has 0 saturated carbocycles. The summed E-state index contributed by atoms with van der Waals surface area (Å²) in [5.41, 5.74) is 2.35. The van der Waals surface area contributed by atoms with Gasteiger partial charge in [0.2, 0.25) is 5.91 Å². The number of amides is 1. The van der Waals surface area contributed by atoms with Crippen molar-refractivity contribution in [1.29, 1.82) is 0 Å². The molecule has 8 heteroatoms. The van der Waals surface area contributed by atoms with Crippen LogP contribution < -0.4 is 10.2 Å². The van der Waals surface area contributed by atoms with E-state index in [1.54, 1.807) is 29.2 Å². The number of thioether (sulfide) groups is 1. The van der Waals surface area contributed by atoms with E-state index < -0.39 is 10.0 Å². The maximum Gasteiger partial charge on any atom is 0.286 e. The smallest absolute Gasteiger partial charge is 0.286 e. The molecule has 0 radical (unpaired) electrons. The zero-order valence-corrected chi connectivity index (χ0v) is 16.1. The number of rotatable bonds is 4. The number of nitrogens with zero attached hydrogens (tertiary/aromatic N) is 2. The third-order valence-corrected chi connectivity index (χ3v) is 6.22. The lowest BCUT2D eigenvalue weighted by Crippen LogP contribution is -2.34. The van der Waals surface area contributed by atoms with Crippen molar-refractivity contribution in [2.24, 2.45) is 4.40 Å². The Kier molecular flexibility index (Phi) is 5.33. The van der Waals surface area contributed by atoms with Crippen molar-refractivity contribution in [1.82, 2.24) is 0 Å². The molecule has 0 saturated heterocycles. The Balaban J connectivity index is 1.75. The minimum atomic E-state index is -3.75. The molecule has 0 fully saturated rings. The van der Waals surface area contributed by atoms with Crippen LogP contribution in [0.3, 0.4) is 0 Å². The summed E-state index contributed by atoms with van der Waals surface area (Å²) in [5.74, 6) is -0.142. The maximum absolute atomic E-state index is 12.4. The first-order valence-electron chi connectivity index (χ1n) is 8.11. The highest BCUT2D eigenvalue weighted by Gasteiger charge is 2.30. The predicted octanol–water partition coefficient (Wildman–Crippen LogP) is 3.25. The number of fused-ring (bicyclic) bond motifs is 1. The van der Waals surface area contributed by atoms with Gasteiger partial charge in [0.1, 0.15) is 4.90 Å². The minimum absolute atomic E-state index is 0.0704. The monoisotopic (exact) mass is 389 g/mol. The van der Waals surface area contributed by atoms with Crippen molar-refractivity contribution in [2.45, 2.75) is 18.7 Å². The number of hydrogen-bond acceptors (Lipinski definition) is 5. The number of sulfonamides is 1.